The van der Waals surface area contributed by atoms with Gasteiger partial charge in [0.25, 0.3) is 5.91 Å². The molecule has 0 bridgehead atoms. The fraction of sp³-hybridized carbons (Fsp3) is 0.147. The number of rotatable bonds is 2. The van der Waals surface area contributed by atoms with Crippen molar-refractivity contribution in [3.05, 3.63) is 135 Å². The van der Waals surface area contributed by atoms with Crippen molar-refractivity contribution in [3.8, 4) is 0 Å². The van der Waals surface area contributed by atoms with Crippen molar-refractivity contribution in [2.24, 2.45) is 4.99 Å². The highest BCUT2D eigenvalue weighted by Crippen LogP contribution is 2.47. The summed E-state index contributed by atoms with van der Waals surface area (Å²) >= 11 is 9.73. The van der Waals surface area contributed by atoms with E-state index >= 15 is 0 Å². The molecular formula is C34H27BrClN5O4. The summed E-state index contributed by atoms with van der Waals surface area (Å²) in [7, 11) is 1.69. The van der Waals surface area contributed by atoms with Crippen molar-refractivity contribution in [2.45, 2.75) is 12.6 Å². The maximum Gasteiger partial charge on any atom is 0.254 e. The zero-order chi connectivity index (χ0) is 31.7. The first-order valence-electron chi connectivity index (χ1n) is 14.0. The van der Waals surface area contributed by atoms with Crippen molar-refractivity contribution in [1.29, 1.82) is 0 Å². The predicted octanol–water partition coefficient (Wildman–Crippen LogP) is 5.91. The normalized spacial score (nSPS) is 18.8. The first kappa shape index (κ1) is 30.2. The fourth-order valence-electron chi connectivity index (χ4n) is 5.57. The molecule has 3 aromatic carbocycles. The molecule has 1 aromatic heterocycles. The minimum absolute atomic E-state index is 0.0969. The van der Waals surface area contributed by atoms with Gasteiger partial charge in [-0.25, -0.2) is 0 Å². The second-order valence-corrected chi connectivity index (χ2v) is 11.9. The number of amides is 3. The van der Waals surface area contributed by atoms with Gasteiger partial charge in [0.1, 0.15) is 18.8 Å². The van der Waals surface area contributed by atoms with Gasteiger partial charge in [0.05, 0.1) is 22.8 Å². The average Bonchev–Trinajstić information content (AvgIpc) is 3.25. The van der Waals surface area contributed by atoms with E-state index in [2.05, 4.69) is 31.2 Å². The summed E-state index contributed by atoms with van der Waals surface area (Å²) in [6.07, 6.45) is 3.12. The molecule has 3 aliphatic rings. The van der Waals surface area contributed by atoms with E-state index in [0.717, 1.165) is 32.7 Å². The number of benzene rings is 3. The number of fused-ring (bicyclic) bond motifs is 4. The largest absolute Gasteiger partial charge is 0.464 e. The standard InChI is InChI=1S/C20H17ClN2O3.C14H10BrN3O/c1-13-10-18(24)23-12-19(25)22(2)17-9-8-15(21)11-16(17)20(23,26-13)14-6-4-3-5-7-14;15-9-4-5-11-10(7-9)14(17-8-13(19)18-11)12-3-1-2-6-16-12/h3-11H,12H2,1-2H3;1-7H,8H2,(H,18,19). The number of nitrogens with one attached hydrogen (secondary N) is 1. The van der Waals surface area contributed by atoms with Crippen LogP contribution in [0.2, 0.25) is 5.02 Å². The smallest absolute Gasteiger partial charge is 0.254 e. The van der Waals surface area contributed by atoms with Crippen molar-refractivity contribution < 1.29 is 19.1 Å². The van der Waals surface area contributed by atoms with Crippen LogP contribution in [0.15, 0.2) is 112 Å². The molecule has 4 heterocycles. The molecule has 1 N–H and O–H groups in total. The Bertz CT molecular complexity index is 1880. The number of hydrogen-bond acceptors (Lipinski definition) is 6. The number of aliphatic imine (C=N–C) groups is 1. The van der Waals surface area contributed by atoms with Gasteiger partial charge in [0.15, 0.2) is 0 Å². The molecule has 0 fully saturated rings. The molecule has 0 spiro atoms. The summed E-state index contributed by atoms with van der Waals surface area (Å²) < 4.78 is 7.26. The third kappa shape index (κ3) is 5.74. The summed E-state index contributed by atoms with van der Waals surface area (Å²) in [4.78, 5) is 49.0. The first-order chi connectivity index (χ1) is 21.7. The number of hydrogen-bond donors (Lipinski definition) is 1. The van der Waals surface area contributed by atoms with Gasteiger partial charge in [-0.05, 0) is 55.5 Å². The van der Waals surface area contributed by atoms with Crippen LogP contribution in [-0.4, -0.2) is 53.5 Å². The summed E-state index contributed by atoms with van der Waals surface area (Å²) in [6.45, 7) is 1.75. The number of allylic oxidation sites excluding steroid dienone is 1. The Hall–Kier alpha value is -4.80. The lowest BCUT2D eigenvalue weighted by Crippen LogP contribution is -2.54. The number of aromatic nitrogens is 1. The monoisotopic (exact) mass is 683 g/mol. The fourth-order valence-corrected chi connectivity index (χ4v) is 6.10. The molecule has 7 rings (SSSR count). The average molecular weight is 685 g/mol. The Kier molecular flexibility index (Phi) is 8.26. The molecule has 0 radical (unpaired) electrons. The lowest BCUT2D eigenvalue weighted by atomic mass is 9.90. The number of benzodiazepines with no additional fused rings is 1. The Morgan fingerprint density at radius 3 is 2.51 bits per heavy atom. The molecule has 0 aliphatic carbocycles. The van der Waals surface area contributed by atoms with Crippen LogP contribution < -0.4 is 10.2 Å². The zero-order valence-corrected chi connectivity index (χ0v) is 26.7. The van der Waals surface area contributed by atoms with Crippen LogP contribution in [0.3, 0.4) is 0 Å². The van der Waals surface area contributed by atoms with E-state index in [-0.39, 0.29) is 30.8 Å². The van der Waals surface area contributed by atoms with Crippen LogP contribution in [0.4, 0.5) is 11.4 Å². The van der Waals surface area contributed by atoms with Gasteiger partial charge < -0.3 is 15.0 Å². The van der Waals surface area contributed by atoms with Crippen LogP contribution in [0.1, 0.15) is 29.3 Å². The van der Waals surface area contributed by atoms with Crippen molar-refractivity contribution in [3.63, 3.8) is 0 Å². The molecule has 226 valence electrons. The Labute approximate surface area is 273 Å². The van der Waals surface area contributed by atoms with E-state index in [1.165, 1.54) is 11.0 Å². The second kappa shape index (κ2) is 12.3. The Morgan fingerprint density at radius 2 is 1.76 bits per heavy atom. The van der Waals surface area contributed by atoms with E-state index in [0.29, 0.717) is 22.0 Å². The highest BCUT2D eigenvalue weighted by Gasteiger charge is 2.52. The number of likely N-dealkylation sites (N-methyl/N-ethyl adjacent to an activating group) is 1. The molecule has 11 heteroatoms. The van der Waals surface area contributed by atoms with Gasteiger partial charge in [-0.1, -0.05) is 63.9 Å². The van der Waals surface area contributed by atoms with Crippen LogP contribution in [0.25, 0.3) is 0 Å². The van der Waals surface area contributed by atoms with Gasteiger partial charge in [-0.2, -0.15) is 0 Å². The molecule has 9 nitrogen and oxygen atoms in total. The van der Waals surface area contributed by atoms with Gasteiger partial charge in [0.2, 0.25) is 17.5 Å². The zero-order valence-electron chi connectivity index (χ0n) is 24.3. The summed E-state index contributed by atoms with van der Waals surface area (Å²) in [5, 5.41) is 3.35. The molecule has 0 saturated carbocycles. The summed E-state index contributed by atoms with van der Waals surface area (Å²) in [5.74, 6) is -0.101. The number of carbonyl (C=O) groups excluding carboxylic acids is 3. The summed E-state index contributed by atoms with van der Waals surface area (Å²) in [5.41, 5.74) is 3.95. The van der Waals surface area contributed by atoms with Gasteiger partial charge in [-0.3, -0.25) is 29.3 Å². The Balaban J connectivity index is 0.000000167. The van der Waals surface area contributed by atoms with Crippen LogP contribution in [-0.2, 0) is 24.8 Å². The molecule has 0 saturated heterocycles. The maximum absolute atomic E-state index is 12.9. The molecule has 1 unspecified atom stereocenters. The highest BCUT2D eigenvalue weighted by molar-refractivity contribution is 9.10. The van der Waals surface area contributed by atoms with E-state index < -0.39 is 5.72 Å². The highest BCUT2D eigenvalue weighted by atomic mass is 79.9. The maximum atomic E-state index is 12.9. The minimum Gasteiger partial charge on any atom is -0.464 e. The number of ether oxygens (including phenoxy) is 1. The topological polar surface area (TPSA) is 104 Å². The SMILES string of the molecule is CC1=CC(=O)N2CC(=O)N(C)c3ccc(Cl)cc3C2(c2ccccc2)O1.O=C1CN=C(c2ccccn2)c2cc(Br)ccc2N1. The molecule has 3 aliphatic heterocycles. The van der Waals surface area contributed by atoms with Gasteiger partial charge in [0, 0.05) is 45.5 Å². The van der Waals surface area contributed by atoms with Gasteiger partial charge in [-0.15, -0.1) is 0 Å². The third-order valence-corrected chi connectivity index (χ3v) is 8.33. The molecular weight excluding hydrogens is 658 g/mol. The van der Waals surface area contributed by atoms with Gasteiger partial charge >= 0.3 is 0 Å². The quantitative estimate of drug-likeness (QED) is 0.283. The minimum atomic E-state index is -1.25. The lowest BCUT2D eigenvalue weighted by molar-refractivity contribution is -0.161. The van der Waals surface area contributed by atoms with Crippen LogP contribution in [0.5, 0.6) is 0 Å². The van der Waals surface area contributed by atoms with E-state index in [1.54, 1.807) is 43.3 Å². The molecule has 4 aromatic rings. The van der Waals surface area contributed by atoms with E-state index in [4.69, 9.17) is 16.3 Å². The predicted molar refractivity (Wildman–Crippen MR) is 176 cm³/mol. The number of pyridine rings is 1. The number of carbonyl (C=O) groups is 3. The second-order valence-electron chi connectivity index (χ2n) is 10.5. The number of halogens is 2. The third-order valence-electron chi connectivity index (χ3n) is 7.60. The molecule has 3 amide bonds. The lowest BCUT2D eigenvalue weighted by Gasteiger charge is -2.45. The molecule has 1 atom stereocenters. The Morgan fingerprint density at radius 1 is 0.978 bits per heavy atom. The van der Waals surface area contributed by atoms with Crippen molar-refractivity contribution in [2.75, 3.05) is 30.4 Å². The van der Waals surface area contributed by atoms with Crippen LogP contribution >= 0.6 is 27.5 Å². The van der Waals surface area contributed by atoms with E-state index in [9.17, 15) is 14.4 Å². The number of nitrogens with zero attached hydrogens (tertiary/aromatic N) is 4. The first-order valence-corrected chi connectivity index (χ1v) is 15.2. The molecule has 45 heavy (non-hydrogen) atoms. The van der Waals surface area contributed by atoms with Crippen molar-refractivity contribution >= 4 is 62.3 Å². The van der Waals surface area contributed by atoms with E-state index in [1.807, 2.05) is 66.7 Å². The number of anilines is 2. The van der Waals surface area contributed by atoms with Crippen molar-refractivity contribution in [1.82, 2.24) is 9.88 Å². The summed E-state index contributed by atoms with van der Waals surface area (Å²) in [6, 6.07) is 26.0. The van der Waals surface area contributed by atoms with Crippen LogP contribution in [0, 0.1) is 0 Å².